The van der Waals surface area contributed by atoms with Gasteiger partial charge in [0.1, 0.15) is 7.11 Å². The summed E-state index contributed by atoms with van der Waals surface area (Å²) in [6.45, 7) is 2.38. The Bertz CT molecular complexity index is 551. The van der Waals surface area contributed by atoms with Crippen LogP contribution in [0.15, 0.2) is 35.5 Å². The van der Waals surface area contributed by atoms with Gasteiger partial charge >= 0.3 is 0 Å². The number of nitrogens with zero attached hydrogens (tertiary/aromatic N) is 2. The number of hydrogen-bond acceptors (Lipinski definition) is 4. The molecule has 2 saturated heterocycles. The van der Waals surface area contributed by atoms with Gasteiger partial charge in [-0.05, 0) is 30.7 Å². The number of hydrogen-bond donors (Lipinski definition) is 1. The van der Waals surface area contributed by atoms with Crippen molar-refractivity contribution < 1.29 is 9.63 Å². The first-order valence-corrected chi connectivity index (χ1v) is 8.41. The molecule has 2 fully saturated rings. The molecule has 0 radical (unpaired) electrons. The van der Waals surface area contributed by atoms with Crippen LogP contribution in [0.2, 0.25) is 0 Å². The molecule has 124 valence electrons. The smallest absolute Gasteiger partial charge is 0.240 e. The number of oxime groups is 1. The van der Waals surface area contributed by atoms with Gasteiger partial charge < -0.3 is 15.1 Å². The van der Waals surface area contributed by atoms with E-state index in [0.717, 1.165) is 38.1 Å². The third kappa shape index (κ3) is 4.10. The number of carbonyl (C=O) groups excluding carboxylic acids is 1. The number of carbonyl (C=O) groups is 1. The largest absolute Gasteiger partial charge is 0.399 e. The van der Waals surface area contributed by atoms with Crippen molar-refractivity contribution in [2.24, 2.45) is 11.1 Å². The first kappa shape index (κ1) is 16.0. The summed E-state index contributed by atoms with van der Waals surface area (Å²) in [5.41, 5.74) is 2.32. The molecule has 1 N–H and O–H groups in total. The van der Waals surface area contributed by atoms with Gasteiger partial charge in [0.15, 0.2) is 0 Å². The van der Waals surface area contributed by atoms with Crippen LogP contribution in [-0.2, 0) is 16.1 Å². The molecule has 2 heterocycles. The van der Waals surface area contributed by atoms with E-state index in [0.29, 0.717) is 18.9 Å². The highest BCUT2D eigenvalue weighted by molar-refractivity contribution is 5.96. The molecule has 0 aromatic heterocycles. The first-order chi connectivity index (χ1) is 11.3. The summed E-state index contributed by atoms with van der Waals surface area (Å²) < 4.78 is 0. The van der Waals surface area contributed by atoms with Crippen LogP contribution in [0.25, 0.3) is 0 Å². The van der Waals surface area contributed by atoms with Gasteiger partial charge in [0.2, 0.25) is 5.91 Å². The van der Waals surface area contributed by atoms with Crippen molar-refractivity contribution in [1.82, 2.24) is 10.2 Å². The number of piperidine rings is 1. The third-order valence-electron chi connectivity index (χ3n) is 4.80. The van der Waals surface area contributed by atoms with E-state index in [1.807, 2.05) is 4.90 Å². The molecule has 1 aromatic carbocycles. The Hall–Kier alpha value is -1.88. The van der Waals surface area contributed by atoms with E-state index >= 15 is 0 Å². The summed E-state index contributed by atoms with van der Waals surface area (Å²) >= 11 is 0. The van der Waals surface area contributed by atoms with Gasteiger partial charge in [0, 0.05) is 26.1 Å². The van der Waals surface area contributed by atoms with Gasteiger partial charge in [0.05, 0.1) is 11.8 Å². The quantitative estimate of drug-likeness (QED) is 0.863. The van der Waals surface area contributed by atoms with Crippen LogP contribution in [0.4, 0.5) is 0 Å². The fraction of sp³-hybridized carbons (Fsp3) is 0.556. The highest BCUT2D eigenvalue weighted by Gasteiger charge is 2.32. The van der Waals surface area contributed by atoms with Gasteiger partial charge in [-0.3, -0.25) is 4.79 Å². The molecule has 0 bridgehead atoms. The summed E-state index contributed by atoms with van der Waals surface area (Å²) in [7, 11) is 1.54. The summed E-state index contributed by atoms with van der Waals surface area (Å²) in [6, 6.07) is 10.5. The Morgan fingerprint density at radius 1 is 1.30 bits per heavy atom. The van der Waals surface area contributed by atoms with Gasteiger partial charge in [-0.1, -0.05) is 35.5 Å². The number of nitrogens with one attached hydrogen (secondary N) is 1. The molecule has 2 aliphatic heterocycles. The van der Waals surface area contributed by atoms with Crippen LogP contribution in [-0.4, -0.2) is 49.3 Å². The molecular weight excluding hydrogens is 290 g/mol. The highest BCUT2D eigenvalue weighted by atomic mass is 16.6. The zero-order valence-electron chi connectivity index (χ0n) is 13.7. The fourth-order valence-corrected chi connectivity index (χ4v) is 3.52. The van der Waals surface area contributed by atoms with Crippen molar-refractivity contribution in [3.63, 3.8) is 0 Å². The minimum atomic E-state index is -0.130. The van der Waals surface area contributed by atoms with E-state index in [-0.39, 0.29) is 11.9 Å². The number of rotatable bonds is 4. The molecule has 23 heavy (non-hydrogen) atoms. The highest BCUT2D eigenvalue weighted by Crippen LogP contribution is 2.22. The van der Waals surface area contributed by atoms with Crippen LogP contribution >= 0.6 is 0 Å². The monoisotopic (exact) mass is 315 g/mol. The topological polar surface area (TPSA) is 53.9 Å². The van der Waals surface area contributed by atoms with Crippen molar-refractivity contribution in [2.45, 2.75) is 31.7 Å². The SMILES string of the molecule is CON=C1CNC(C(=O)N2CCC(Cc3ccccc3)CC2)C1. The molecule has 1 amide bonds. The van der Waals surface area contributed by atoms with E-state index < -0.39 is 0 Å². The molecule has 0 aliphatic carbocycles. The average Bonchev–Trinajstić information content (AvgIpc) is 3.05. The maximum absolute atomic E-state index is 12.6. The fourth-order valence-electron chi connectivity index (χ4n) is 3.52. The van der Waals surface area contributed by atoms with Crippen molar-refractivity contribution in [3.8, 4) is 0 Å². The van der Waals surface area contributed by atoms with E-state index in [9.17, 15) is 4.79 Å². The van der Waals surface area contributed by atoms with Crippen LogP contribution in [0.3, 0.4) is 0 Å². The second-order valence-electron chi connectivity index (χ2n) is 6.44. The maximum atomic E-state index is 12.6. The second kappa shape index (κ2) is 7.59. The first-order valence-electron chi connectivity index (χ1n) is 8.41. The van der Waals surface area contributed by atoms with Crippen LogP contribution < -0.4 is 5.32 Å². The van der Waals surface area contributed by atoms with Crippen LogP contribution in [0.5, 0.6) is 0 Å². The Balaban J connectivity index is 1.47. The Labute approximate surface area is 137 Å². The van der Waals surface area contributed by atoms with Gasteiger partial charge in [-0.2, -0.15) is 0 Å². The zero-order chi connectivity index (χ0) is 16.1. The maximum Gasteiger partial charge on any atom is 0.240 e. The molecule has 3 rings (SSSR count). The van der Waals surface area contributed by atoms with E-state index in [2.05, 4.69) is 40.8 Å². The molecule has 0 spiro atoms. The Morgan fingerprint density at radius 2 is 2.04 bits per heavy atom. The third-order valence-corrected chi connectivity index (χ3v) is 4.80. The summed E-state index contributed by atoms with van der Waals surface area (Å²) in [6.07, 6.45) is 3.96. The van der Waals surface area contributed by atoms with Crippen LogP contribution in [0, 0.1) is 5.92 Å². The van der Waals surface area contributed by atoms with E-state index in [4.69, 9.17) is 4.84 Å². The number of amides is 1. The zero-order valence-corrected chi connectivity index (χ0v) is 13.7. The lowest BCUT2D eigenvalue weighted by molar-refractivity contribution is -0.134. The molecule has 1 unspecified atom stereocenters. The lowest BCUT2D eigenvalue weighted by atomic mass is 9.90. The number of likely N-dealkylation sites (tertiary alicyclic amines) is 1. The van der Waals surface area contributed by atoms with Crippen molar-refractivity contribution in [1.29, 1.82) is 0 Å². The normalized spacial score (nSPS) is 24.1. The molecule has 1 aromatic rings. The molecule has 5 nitrogen and oxygen atoms in total. The van der Waals surface area contributed by atoms with Gasteiger partial charge in [-0.25, -0.2) is 0 Å². The summed E-state index contributed by atoms with van der Waals surface area (Å²) in [4.78, 5) is 19.4. The van der Waals surface area contributed by atoms with Gasteiger partial charge in [-0.15, -0.1) is 0 Å². The molecule has 1 atom stereocenters. The molecule has 0 saturated carbocycles. The lowest BCUT2D eigenvalue weighted by Crippen LogP contribution is -2.47. The summed E-state index contributed by atoms with van der Waals surface area (Å²) in [5.74, 6) is 0.896. The summed E-state index contributed by atoms with van der Waals surface area (Å²) in [5, 5.41) is 7.18. The van der Waals surface area contributed by atoms with E-state index in [1.54, 1.807) is 7.11 Å². The average molecular weight is 315 g/mol. The minimum Gasteiger partial charge on any atom is -0.399 e. The Morgan fingerprint density at radius 3 is 2.74 bits per heavy atom. The van der Waals surface area contributed by atoms with Crippen molar-refractivity contribution in [2.75, 3.05) is 26.7 Å². The molecule has 5 heteroatoms. The van der Waals surface area contributed by atoms with Crippen molar-refractivity contribution in [3.05, 3.63) is 35.9 Å². The second-order valence-corrected chi connectivity index (χ2v) is 6.44. The van der Waals surface area contributed by atoms with Crippen molar-refractivity contribution >= 4 is 11.6 Å². The standard InChI is InChI=1S/C18H25N3O2/c1-23-20-16-12-17(19-13-16)18(22)21-9-7-15(8-10-21)11-14-5-3-2-4-6-14/h2-6,15,17,19H,7-13H2,1H3. The predicted octanol–water partition coefficient (Wildman–Crippen LogP) is 1.83. The molecule has 2 aliphatic rings. The predicted molar refractivity (Wildman–Crippen MR) is 90.3 cm³/mol. The van der Waals surface area contributed by atoms with Gasteiger partial charge in [0.25, 0.3) is 0 Å². The molecular formula is C18H25N3O2. The van der Waals surface area contributed by atoms with E-state index in [1.165, 1.54) is 5.56 Å². The number of benzene rings is 1. The minimum absolute atomic E-state index is 0.130. The Kier molecular flexibility index (Phi) is 5.28. The lowest BCUT2D eigenvalue weighted by Gasteiger charge is -2.33. The van der Waals surface area contributed by atoms with Crippen LogP contribution in [0.1, 0.15) is 24.8 Å².